The molecule has 0 heterocycles. The number of aliphatic imine (C=N–C) groups is 2. The van der Waals surface area contributed by atoms with E-state index in [1.54, 1.807) is 13.8 Å². The van der Waals surface area contributed by atoms with Gasteiger partial charge in [-0.25, -0.2) is 27.2 Å². The van der Waals surface area contributed by atoms with Crippen molar-refractivity contribution < 1.29 is 17.2 Å². The van der Waals surface area contributed by atoms with Gasteiger partial charge in [-0.05, 0) is 19.4 Å². The van der Waals surface area contributed by atoms with Crippen LogP contribution < -0.4 is 0 Å². The van der Waals surface area contributed by atoms with E-state index in [1.165, 1.54) is 6.21 Å². The van der Waals surface area contributed by atoms with Gasteiger partial charge in [-0.2, -0.15) is 0 Å². The summed E-state index contributed by atoms with van der Waals surface area (Å²) in [4.78, 5) is 6.80. The van der Waals surface area contributed by atoms with Gasteiger partial charge in [0.25, 0.3) is 0 Å². The Kier molecular flexibility index (Phi) is 8.24. The van der Waals surface area contributed by atoms with E-state index in [2.05, 4.69) is 25.9 Å². The Labute approximate surface area is 120 Å². The van der Waals surface area contributed by atoms with Gasteiger partial charge in [-0.3, -0.25) is 0 Å². The lowest BCUT2D eigenvalue weighted by Crippen LogP contribution is -2.14. The predicted octanol–water partition coefficient (Wildman–Crippen LogP) is 3.19. The molecule has 0 aromatic carbocycles. The molecule has 0 fully saturated rings. The molecule has 0 saturated carbocycles. The van der Waals surface area contributed by atoms with Crippen LogP contribution in [0.5, 0.6) is 0 Å². The highest BCUT2D eigenvalue weighted by Crippen LogP contribution is 2.10. The first-order chi connectivity index (χ1) is 8.66. The highest BCUT2D eigenvalue weighted by molar-refractivity contribution is 9.09. The summed E-state index contributed by atoms with van der Waals surface area (Å²) in [6.45, 7) is 3.31. The number of hydrogen-bond acceptors (Lipinski definition) is 3. The van der Waals surface area contributed by atoms with E-state index in [-0.39, 0.29) is 17.7 Å². The maximum atomic E-state index is 13.5. The summed E-state index contributed by atoms with van der Waals surface area (Å²) in [5.74, 6) is -0.462. The van der Waals surface area contributed by atoms with Gasteiger partial charge in [0.1, 0.15) is 0 Å². The monoisotopic (exact) mass is 358 g/mol. The van der Waals surface area contributed by atoms with Crippen molar-refractivity contribution in [3.05, 3.63) is 11.9 Å². The minimum atomic E-state index is -3.72. The number of allylic oxidation sites excluding steroid dienone is 1. The molecule has 0 aliphatic heterocycles. The first-order valence-electron chi connectivity index (χ1n) is 5.61. The standard InChI is InChI=1S/C11H17BrF2N2O2S/c1-4-9(13)5-6-10(14)16-11(19(3,17)18)15-7-8(2)12/h5,7-8,10H,4,6H2,1-3H3/b9-5+,15-7?,16-11?. The molecule has 0 amide bonds. The van der Waals surface area contributed by atoms with Gasteiger partial charge in [-0.1, -0.05) is 22.9 Å². The van der Waals surface area contributed by atoms with Gasteiger partial charge < -0.3 is 0 Å². The van der Waals surface area contributed by atoms with Crippen molar-refractivity contribution in [3.8, 4) is 0 Å². The van der Waals surface area contributed by atoms with E-state index in [4.69, 9.17) is 0 Å². The molecule has 0 N–H and O–H groups in total. The van der Waals surface area contributed by atoms with Gasteiger partial charge in [0, 0.05) is 23.7 Å². The van der Waals surface area contributed by atoms with Gasteiger partial charge in [0.05, 0.1) is 5.83 Å². The molecule has 0 aromatic rings. The second-order valence-electron chi connectivity index (χ2n) is 3.81. The molecule has 2 atom stereocenters. The molecule has 0 rings (SSSR count). The van der Waals surface area contributed by atoms with Crippen LogP contribution in [-0.4, -0.2) is 37.2 Å². The molecule has 19 heavy (non-hydrogen) atoms. The van der Waals surface area contributed by atoms with Crippen LogP contribution in [0.2, 0.25) is 0 Å². The van der Waals surface area contributed by atoms with E-state index >= 15 is 0 Å². The number of halogens is 3. The smallest absolute Gasteiger partial charge is 0.230 e. The van der Waals surface area contributed by atoms with Gasteiger partial charge in [0.2, 0.25) is 15.0 Å². The molecule has 2 unspecified atom stereocenters. The molecule has 0 spiro atoms. The van der Waals surface area contributed by atoms with Crippen molar-refractivity contribution in [2.24, 2.45) is 9.98 Å². The average molecular weight is 359 g/mol. The predicted molar refractivity (Wildman–Crippen MR) is 78.2 cm³/mol. The van der Waals surface area contributed by atoms with Crippen molar-refractivity contribution in [2.75, 3.05) is 6.26 Å². The zero-order chi connectivity index (χ0) is 15.1. The normalized spacial score (nSPS) is 17.8. The van der Waals surface area contributed by atoms with E-state index in [1.807, 2.05) is 0 Å². The lowest BCUT2D eigenvalue weighted by atomic mass is 10.3. The van der Waals surface area contributed by atoms with Gasteiger partial charge in [0.15, 0.2) is 6.30 Å². The Balaban J connectivity index is 5.02. The van der Waals surface area contributed by atoms with Crippen LogP contribution in [0.25, 0.3) is 0 Å². The molecule has 0 aliphatic rings. The molecule has 8 heteroatoms. The maximum absolute atomic E-state index is 13.5. The van der Waals surface area contributed by atoms with E-state index in [0.29, 0.717) is 0 Å². The highest BCUT2D eigenvalue weighted by atomic mass is 79.9. The molecule has 0 aliphatic carbocycles. The maximum Gasteiger partial charge on any atom is 0.244 e. The summed E-state index contributed by atoms with van der Waals surface area (Å²) in [6, 6.07) is 0. The molecule has 0 radical (unpaired) electrons. The number of nitrogens with zero attached hydrogens (tertiary/aromatic N) is 2. The molecular formula is C11H17BrF2N2O2S. The summed E-state index contributed by atoms with van der Waals surface area (Å²) in [7, 11) is -3.72. The number of amidine groups is 1. The summed E-state index contributed by atoms with van der Waals surface area (Å²) in [6.07, 6.45) is 1.22. The minimum absolute atomic E-state index is 0.161. The fourth-order valence-electron chi connectivity index (χ4n) is 0.933. The molecule has 110 valence electrons. The van der Waals surface area contributed by atoms with Crippen LogP contribution in [0.1, 0.15) is 26.7 Å². The zero-order valence-corrected chi connectivity index (χ0v) is 13.4. The Morgan fingerprint density at radius 3 is 2.47 bits per heavy atom. The van der Waals surface area contributed by atoms with Crippen molar-refractivity contribution in [2.45, 2.75) is 37.8 Å². The van der Waals surface area contributed by atoms with E-state index in [0.717, 1.165) is 12.3 Å². The Morgan fingerprint density at radius 1 is 1.47 bits per heavy atom. The third-order valence-electron chi connectivity index (χ3n) is 1.84. The zero-order valence-electron chi connectivity index (χ0n) is 11.0. The fraction of sp³-hybridized carbons (Fsp3) is 0.636. The van der Waals surface area contributed by atoms with Crippen molar-refractivity contribution >= 4 is 37.1 Å². The second kappa shape index (κ2) is 8.52. The lowest BCUT2D eigenvalue weighted by Gasteiger charge is -2.02. The largest absolute Gasteiger partial charge is 0.244 e. The van der Waals surface area contributed by atoms with Crippen LogP contribution >= 0.6 is 15.9 Å². The van der Waals surface area contributed by atoms with Crippen molar-refractivity contribution in [3.63, 3.8) is 0 Å². The summed E-state index contributed by atoms with van der Waals surface area (Å²) < 4.78 is 49.0. The van der Waals surface area contributed by atoms with Crippen LogP contribution in [0, 0.1) is 0 Å². The summed E-state index contributed by atoms with van der Waals surface area (Å²) >= 11 is 3.14. The SMILES string of the molecule is CC/C(F)=C\CC(F)N=C(N=CC(C)Br)S(C)(=O)=O. The molecule has 4 nitrogen and oxygen atoms in total. The number of sulfone groups is 1. The first-order valence-corrected chi connectivity index (χ1v) is 8.42. The molecule has 0 saturated heterocycles. The lowest BCUT2D eigenvalue weighted by molar-refractivity contribution is 0.348. The Hall–Kier alpha value is -0.630. The first kappa shape index (κ1) is 18.4. The van der Waals surface area contributed by atoms with Crippen molar-refractivity contribution in [1.82, 2.24) is 0 Å². The highest BCUT2D eigenvalue weighted by Gasteiger charge is 2.15. The number of rotatable bonds is 5. The van der Waals surface area contributed by atoms with Crippen molar-refractivity contribution in [1.29, 1.82) is 0 Å². The summed E-state index contributed by atoms with van der Waals surface area (Å²) in [5, 5.41) is -0.600. The number of hydrogen-bond donors (Lipinski definition) is 0. The van der Waals surface area contributed by atoms with Crippen LogP contribution in [-0.2, 0) is 9.84 Å². The van der Waals surface area contributed by atoms with E-state index in [9.17, 15) is 17.2 Å². The molecule has 0 aromatic heterocycles. The molecule has 0 bridgehead atoms. The van der Waals surface area contributed by atoms with E-state index < -0.39 is 27.1 Å². The third-order valence-corrected chi connectivity index (χ3v) is 2.95. The quantitative estimate of drug-likeness (QED) is 0.328. The van der Waals surface area contributed by atoms with Crippen LogP contribution in [0.15, 0.2) is 21.9 Å². The second-order valence-corrected chi connectivity index (χ2v) is 7.17. The Morgan fingerprint density at radius 2 is 2.05 bits per heavy atom. The summed E-state index contributed by atoms with van der Waals surface area (Å²) in [5.41, 5.74) is 0. The van der Waals surface area contributed by atoms with Gasteiger partial charge >= 0.3 is 0 Å². The fourth-order valence-corrected chi connectivity index (χ4v) is 1.61. The Bertz CT molecular complexity index is 473. The average Bonchev–Trinajstić information content (AvgIpc) is 2.29. The minimum Gasteiger partial charge on any atom is -0.230 e. The molecular weight excluding hydrogens is 342 g/mol. The third kappa shape index (κ3) is 8.99. The van der Waals surface area contributed by atoms with Crippen LogP contribution in [0.3, 0.4) is 0 Å². The topological polar surface area (TPSA) is 58.9 Å². The van der Waals surface area contributed by atoms with Gasteiger partial charge in [-0.15, -0.1) is 0 Å². The number of alkyl halides is 2. The van der Waals surface area contributed by atoms with Crippen LogP contribution in [0.4, 0.5) is 8.78 Å².